The molecule has 0 aliphatic rings. The summed E-state index contributed by atoms with van der Waals surface area (Å²) in [5.41, 5.74) is 0. The van der Waals surface area contributed by atoms with Crippen LogP contribution in [-0.4, -0.2) is 22.6 Å². The third kappa shape index (κ3) is 3.53. The highest BCUT2D eigenvalue weighted by molar-refractivity contribution is 4.86. The van der Waals surface area contributed by atoms with Crippen LogP contribution in [0, 0.1) is 0 Å². The molecule has 1 aromatic rings. The van der Waals surface area contributed by atoms with Gasteiger partial charge in [0.2, 0.25) is 0 Å². The molecule has 0 radical (unpaired) electrons. The van der Waals surface area contributed by atoms with Gasteiger partial charge in [0.05, 0.1) is 0 Å². The molecule has 68 valence electrons. The summed E-state index contributed by atoms with van der Waals surface area (Å²) >= 11 is 0. The Kier molecular flexibility index (Phi) is 3.80. The van der Waals surface area contributed by atoms with E-state index >= 15 is 0 Å². The Hall–Kier alpha value is -0.830. The minimum Gasteiger partial charge on any atom is -0.349 e. The van der Waals surface area contributed by atoms with E-state index in [2.05, 4.69) is 29.1 Å². The maximum Gasteiger partial charge on any atom is 0.106 e. The third-order valence-corrected chi connectivity index (χ3v) is 1.70. The van der Waals surface area contributed by atoms with Gasteiger partial charge in [0, 0.05) is 24.9 Å². The van der Waals surface area contributed by atoms with Gasteiger partial charge in [-0.25, -0.2) is 4.98 Å². The molecule has 0 unspecified atom stereocenters. The number of aromatic nitrogens is 2. The lowest BCUT2D eigenvalue weighted by atomic mass is 10.3. The Morgan fingerprint density at radius 2 is 2.42 bits per heavy atom. The van der Waals surface area contributed by atoms with Gasteiger partial charge in [-0.15, -0.1) is 0 Å². The molecule has 0 fully saturated rings. The van der Waals surface area contributed by atoms with E-state index in [9.17, 15) is 0 Å². The third-order valence-electron chi connectivity index (χ3n) is 1.70. The zero-order valence-corrected chi connectivity index (χ0v) is 7.80. The predicted octanol–water partition coefficient (Wildman–Crippen LogP) is 1.34. The van der Waals surface area contributed by atoms with Crippen molar-refractivity contribution in [2.24, 2.45) is 0 Å². The van der Waals surface area contributed by atoms with Crippen LogP contribution in [-0.2, 0) is 6.42 Å². The van der Waals surface area contributed by atoms with Crippen LogP contribution in [0.3, 0.4) is 0 Å². The lowest BCUT2D eigenvalue weighted by molar-refractivity contribution is 0.567. The van der Waals surface area contributed by atoms with Crippen molar-refractivity contribution in [1.82, 2.24) is 15.3 Å². The maximum atomic E-state index is 4.15. The molecule has 3 nitrogen and oxygen atoms in total. The second-order valence-corrected chi connectivity index (χ2v) is 3.25. The molecule has 1 aromatic heterocycles. The second kappa shape index (κ2) is 4.93. The van der Waals surface area contributed by atoms with Crippen molar-refractivity contribution in [3.05, 3.63) is 18.2 Å². The molecule has 0 bridgehead atoms. The number of hydrogen-bond acceptors (Lipinski definition) is 2. The van der Waals surface area contributed by atoms with E-state index in [0.717, 1.165) is 25.2 Å². The Morgan fingerprint density at radius 3 is 3.00 bits per heavy atom. The first-order valence-corrected chi connectivity index (χ1v) is 4.50. The molecule has 0 spiro atoms. The van der Waals surface area contributed by atoms with Gasteiger partial charge < -0.3 is 10.3 Å². The smallest absolute Gasteiger partial charge is 0.106 e. The minimum absolute atomic E-state index is 0.585. The monoisotopic (exact) mass is 167 g/mol. The molecule has 12 heavy (non-hydrogen) atoms. The molecule has 0 aliphatic carbocycles. The van der Waals surface area contributed by atoms with Gasteiger partial charge in [-0.1, -0.05) is 13.8 Å². The van der Waals surface area contributed by atoms with Crippen molar-refractivity contribution in [2.75, 3.05) is 6.54 Å². The maximum absolute atomic E-state index is 4.15. The first-order chi connectivity index (χ1) is 5.79. The molecule has 2 N–H and O–H groups in total. The number of aryl methyl sites for hydroxylation is 1. The van der Waals surface area contributed by atoms with Crippen LogP contribution in [0.15, 0.2) is 12.4 Å². The Morgan fingerprint density at radius 1 is 1.58 bits per heavy atom. The van der Waals surface area contributed by atoms with Crippen molar-refractivity contribution < 1.29 is 0 Å². The standard InChI is InChI=1S/C9H17N3/c1-8(2)10-5-3-4-9-11-6-7-12-9/h6-8,10H,3-5H2,1-2H3,(H,11,12). The average Bonchev–Trinajstić information content (AvgIpc) is 2.49. The molecule has 0 amide bonds. The molecule has 1 rings (SSSR count). The molecular formula is C9H17N3. The van der Waals surface area contributed by atoms with Crippen molar-refractivity contribution in [1.29, 1.82) is 0 Å². The van der Waals surface area contributed by atoms with Crippen molar-refractivity contribution in [2.45, 2.75) is 32.7 Å². The van der Waals surface area contributed by atoms with Gasteiger partial charge in [0.1, 0.15) is 5.82 Å². The Labute approximate surface area is 73.6 Å². The molecule has 3 heteroatoms. The summed E-state index contributed by atoms with van der Waals surface area (Å²) in [7, 11) is 0. The zero-order valence-electron chi connectivity index (χ0n) is 7.80. The van der Waals surface area contributed by atoms with Crippen LogP contribution in [0.2, 0.25) is 0 Å². The average molecular weight is 167 g/mol. The summed E-state index contributed by atoms with van der Waals surface area (Å²) in [5, 5.41) is 3.37. The number of nitrogens with zero attached hydrogens (tertiary/aromatic N) is 1. The van der Waals surface area contributed by atoms with Gasteiger partial charge in [0.15, 0.2) is 0 Å². The number of H-pyrrole nitrogens is 1. The quantitative estimate of drug-likeness (QED) is 0.650. The van der Waals surface area contributed by atoms with Crippen LogP contribution in [0.5, 0.6) is 0 Å². The number of aromatic amines is 1. The zero-order chi connectivity index (χ0) is 8.81. The van der Waals surface area contributed by atoms with Crippen LogP contribution >= 0.6 is 0 Å². The fourth-order valence-corrected chi connectivity index (χ4v) is 1.08. The molecular weight excluding hydrogens is 150 g/mol. The van der Waals surface area contributed by atoms with Crippen LogP contribution in [0.4, 0.5) is 0 Å². The van der Waals surface area contributed by atoms with Crippen molar-refractivity contribution >= 4 is 0 Å². The van der Waals surface area contributed by atoms with Gasteiger partial charge in [-0.3, -0.25) is 0 Å². The van der Waals surface area contributed by atoms with Crippen LogP contribution < -0.4 is 5.32 Å². The summed E-state index contributed by atoms with van der Waals surface area (Å²) in [5.74, 6) is 1.08. The van der Waals surface area contributed by atoms with Crippen molar-refractivity contribution in [3.8, 4) is 0 Å². The van der Waals surface area contributed by atoms with E-state index in [1.54, 1.807) is 6.20 Å². The normalized spacial score (nSPS) is 10.9. The summed E-state index contributed by atoms with van der Waals surface area (Å²) in [6, 6.07) is 0.585. The largest absolute Gasteiger partial charge is 0.349 e. The molecule has 0 saturated heterocycles. The van der Waals surface area contributed by atoms with E-state index in [4.69, 9.17) is 0 Å². The summed E-state index contributed by atoms with van der Waals surface area (Å²) in [6.45, 7) is 5.39. The molecule has 0 aromatic carbocycles. The van der Waals surface area contributed by atoms with E-state index in [1.807, 2.05) is 6.20 Å². The summed E-state index contributed by atoms with van der Waals surface area (Å²) in [4.78, 5) is 7.24. The lowest BCUT2D eigenvalue weighted by Crippen LogP contribution is -2.24. The van der Waals surface area contributed by atoms with E-state index < -0.39 is 0 Å². The van der Waals surface area contributed by atoms with Gasteiger partial charge in [-0.05, 0) is 13.0 Å². The SMILES string of the molecule is CC(C)NCCCc1ncc[nH]1. The minimum atomic E-state index is 0.585. The van der Waals surface area contributed by atoms with E-state index in [-0.39, 0.29) is 0 Å². The predicted molar refractivity (Wildman–Crippen MR) is 50.0 cm³/mol. The molecule has 0 atom stereocenters. The first-order valence-electron chi connectivity index (χ1n) is 4.50. The highest BCUT2D eigenvalue weighted by Crippen LogP contribution is 1.93. The van der Waals surface area contributed by atoms with Crippen LogP contribution in [0.1, 0.15) is 26.1 Å². The van der Waals surface area contributed by atoms with Crippen molar-refractivity contribution in [3.63, 3.8) is 0 Å². The lowest BCUT2D eigenvalue weighted by Gasteiger charge is -2.06. The number of imidazole rings is 1. The van der Waals surface area contributed by atoms with E-state index in [0.29, 0.717) is 6.04 Å². The highest BCUT2D eigenvalue weighted by atomic mass is 14.9. The van der Waals surface area contributed by atoms with Crippen LogP contribution in [0.25, 0.3) is 0 Å². The van der Waals surface area contributed by atoms with Gasteiger partial charge >= 0.3 is 0 Å². The summed E-state index contributed by atoms with van der Waals surface area (Å²) in [6.07, 6.45) is 5.84. The topological polar surface area (TPSA) is 40.7 Å². The summed E-state index contributed by atoms with van der Waals surface area (Å²) < 4.78 is 0. The molecule has 1 heterocycles. The molecule has 0 saturated carbocycles. The van der Waals surface area contributed by atoms with Gasteiger partial charge in [0.25, 0.3) is 0 Å². The fraction of sp³-hybridized carbons (Fsp3) is 0.667. The highest BCUT2D eigenvalue weighted by Gasteiger charge is 1.95. The number of hydrogen-bond donors (Lipinski definition) is 2. The fourth-order valence-electron chi connectivity index (χ4n) is 1.08. The van der Waals surface area contributed by atoms with Gasteiger partial charge in [-0.2, -0.15) is 0 Å². The Bertz CT molecular complexity index is 192. The molecule has 0 aliphatic heterocycles. The number of nitrogens with one attached hydrogen (secondary N) is 2. The second-order valence-electron chi connectivity index (χ2n) is 3.25. The Balaban J connectivity index is 2.04. The number of rotatable bonds is 5. The van der Waals surface area contributed by atoms with E-state index in [1.165, 1.54) is 0 Å². The first kappa shape index (κ1) is 9.26.